The number of hydrogen-bond acceptors (Lipinski definition) is 6. The van der Waals surface area contributed by atoms with Gasteiger partial charge in [0, 0.05) is 0 Å². The van der Waals surface area contributed by atoms with Gasteiger partial charge in [0.1, 0.15) is 0 Å². The molecule has 0 aliphatic rings. The summed E-state index contributed by atoms with van der Waals surface area (Å²) in [5.74, 6) is 2.53. The van der Waals surface area contributed by atoms with Crippen LogP contribution >= 0.6 is 11.6 Å². The van der Waals surface area contributed by atoms with Crippen LogP contribution in [0.4, 0.5) is 0 Å². The van der Waals surface area contributed by atoms with Crippen LogP contribution in [-0.2, 0) is 6.54 Å². The van der Waals surface area contributed by atoms with Crippen molar-refractivity contribution in [2.75, 3.05) is 27.4 Å². The number of nitrogens with one attached hydrogen (secondary N) is 1. The monoisotopic (exact) mass is 392 g/mol. The van der Waals surface area contributed by atoms with Crippen LogP contribution in [0.2, 0.25) is 5.02 Å². The molecule has 0 spiro atoms. The third-order valence-corrected chi connectivity index (χ3v) is 3.94. The highest BCUT2D eigenvalue weighted by atomic mass is 35.5. The van der Waals surface area contributed by atoms with Gasteiger partial charge in [-0.25, -0.2) is 0 Å². The molecule has 0 bridgehead atoms. The second-order valence-electron chi connectivity index (χ2n) is 5.48. The molecule has 0 amide bonds. The highest BCUT2D eigenvalue weighted by Gasteiger charge is 2.11. The maximum Gasteiger partial charge on any atom is 0.179 e. The average molecular weight is 393 g/mol. The van der Waals surface area contributed by atoms with Crippen LogP contribution in [0, 0.1) is 0 Å². The Kier molecular flexibility index (Phi) is 8.07. The summed E-state index contributed by atoms with van der Waals surface area (Å²) in [5, 5.41) is 4.74. The lowest BCUT2D eigenvalue weighted by molar-refractivity contribution is 0.288. The van der Waals surface area contributed by atoms with Crippen molar-refractivity contribution in [2.45, 2.75) is 20.4 Å². The van der Waals surface area contributed by atoms with Crippen LogP contribution in [0.5, 0.6) is 23.0 Å². The van der Waals surface area contributed by atoms with Gasteiger partial charge in [0.25, 0.3) is 0 Å². The third-order valence-electron chi connectivity index (χ3n) is 3.66. The molecule has 1 N–H and O–H groups in total. The predicted octanol–water partition coefficient (Wildman–Crippen LogP) is 4.28. The number of methoxy groups -OCH3 is 2. The smallest absolute Gasteiger partial charge is 0.179 e. The normalized spacial score (nSPS) is 10.7. The van der Waals surface area contributed by atoms with Crippen LogP contribution in [-0.4, -0.2) is 33.6 Å². The minimum Gasteiger partial charge on any atom is -0.493 e. The minimum absolute atomic E-state index is 0.490. The fourth-order valence-corrected chi connectivity index (χ4v) is 2.73. The van der Waals surface area contributed by atoms with Gasteiger partial charge >= 0.3 is 0 Å². The van der Waals surface area contributed by atoms with E-state index >= 15 is 0 Å². The largest absolute Gasteiger partial charge is 0.493 e. The lowest BCUT2D eigenvalue weighted by Crippen LogP contribution is -2.06. The Morgan fingerprint density at radius 1 is 0.963 bits per heavy atom. The molecule has 7 heteroatoms. The molecule has 0 atom stereocenters. The van der Waals surface area contributed by atoms with Gasteiger partial charge in [0.2, 0.25) is 0 Å². The maximum atomic E-state index is 6.31. The molecule has 0 aliphatic carbocycles. The standard InChI is InChI=1S/C20H25ClN2O4/c1-5-26-19-11-15(9-16(21)20(19)27-6-2)13-23-22-12-14-7-8-17(24-3)18(10-14)25-4/h7-11,13,22H,5-6,12H2,1-4H3/b23-13+. The molecule has 0 radical (unpaired) electrons. The highest BCUT2D eigenvalue weighted by molar-refractivity contribution is 6.32. The molecule has 2 aromatic rings. The average Bonchev–Trinajstić information content (AvgIpc) is 2.68. The van der Waals surface area contributed by atoms with E-state index in [9.17, 15) is 0 Å². The number of ether oxygens (including phenoxy) is 4. The van der Waals surface area contributed by atoms with Crippen molar-refractivity contribution in [1.29, 1.82) is 0 Å². The van der Waals surface area contributed by atoms with Crippen LogP contribution < -0.4 is 24.4 Å². The Bertz CT molecular complexity index is 781. The molecule has 27 heavy (non-hydrogen) atoms. The highest BCUT2D eigenvalue weighted by Crippen LogP contribution is 2.36. The lowest BCUT2D eigenvalue weighted by atomic mass is 10.2. The van der Waals surface area contributed by atoms with E-state index in [1.807, 2.05) is 38.1 Å². The molecule has 6 nitrogen and oxygen atoms in total. The quantitative estimate of drug-likeness (QED) is 0.483. The summed E-state index contributed by atoms with van der Waals surface area (Å²) in [7, 11) is 3.22. The van der Waals surface area contributed by atoms with E-state index in [0.717, 1.165) is 11.1 Å². The first-order valence-corrected chi connectivity index (χ1v) is 9.06. The van der Waals surface area contributed by atoms with Gasteiger partial charge < -0.3 is 24.4 Å². The van der Waals surface area contributed by atoms with E-state index in [4.69, 9.17) is 30.5 Å². The van der Waals surface area contributed by atoms with Crippen molar-refractivity contribution in [1.82, 2.24) is 5.43 Å². The van der Waals surface area contributed by atoms with E-state index in [1.54, 1.807) is 26.5 Å². The number of hydrogen-bond donors (Lipinski definition) is 1. The van der Waals surface area contributed by atoms with E-state index in [2.05, 4.69) is 10.5 Å². The summed E-state index contributed by atoms with van der Waals surface area (Å²) >= 11 is 6.31. The van der Waals surface area contributed by atoms with Crippen molar-refractivity contribution >= 4 is 17.8 Å². The Morgan fingerprint density at radius 2 is 1.70 bits per heavy atom. The fraction of sp³-hybridized carbons (Fsp3) is 0.350. The lowest BCUT2D eigenvalue weighted by Gasteiger charge is -2.13. The molecule has 0 saturated heterocycles. The predicted molar refractivity (Wildman–Crippen MR) is 108 cm³/mol. The van der Waals surface area contributed by atoms with E-state index < -0.39 is 0 Å². The SMILES string of the molecule is CCOc1cc(/C=N/NCc2ccc(OC)c(OC)c2)cc(Cl)c1OCC. The number of benzene rings is 2. The van der Waals surface area contributed by atoms with Gasteiger partial charge in [-0.05, 0) is 49.2 Å². The number of halogens is 1. The van der Waals surface area contributed by atoms with Crippen molar-refractivity contribution in [3.63, 3.8) is 0 Å². The first-order valence-electron chi connectivity index (χ1n) is 8.68. The van der Waals surface area contributed by atoms with Crippen LogP contribution in [0.15, 0.2) is 35.4 Å². The molecule has 146 valence electrons. The number of rotatable bonds is 10. The Hall–Kier alpha value is -2.60. The van der Waals surface area contributed by atoms with Gasteiger partial charge in [-0.2, -0.15) is 5.10 Å². The minimum atomic E-state index is 0.490. The van der Waals surface area contributed by atoms with E-state index in [1.165, 1.54) is 0 Å². The van der Waals surface area contributed by atoms with Crippen molar-refractivity contribution < 1.29 is 18.9 Å². The molecular weight excluding hydrogens is 368 g/mol. The zero-order valence-electron chi connectivity index (χ0n) is 16.0. The summed E-state index contributed by atoms with van der Waals surface area (Å²) in [6, 6.07) is 9.35. The molecule has 2 rings (SSSR count). The summed E-state index contributed by atoms with van der Waals surface area (Å²) in [4.78, 5) is 0. The van der Waals surface area contributed by atoms with Crippen LogP contribution in [0.1, 0.15) is 25.0 Å². The van der Waals surface area contributed by atoms with Gasteiger partial charge in [-0.3, -0.25) is 0 Å². The zero-order valence-corrected chi connectivity index (χ0v) is 16.8. The van der Waals surface area contributed by atoms with Gasteiger partial charge in [0.05, 0.1) is 45.2 Å². The van der Waals surface area contributed by atoms with Crippen LogP contribution in [0.3, 0.4) is 0 Å². The molecule has 0 saturated carbocycles. The molecule has 0 unspecified atom stereocenters. The second kappa shape index (κ2) is 10.5. The zero-order chi connectivity index (χ0) is 19.6. The number of hydrazone groups is 1. The summed E-state index contributed by atoms with van der Waals surface area (Å²) in [5.41, 5.74) is 4.84. The summed E-state index contributed by atoms with van der Waals surface area (Å²) in [6.45, 7) is 5.39. The van der Waals surface area contributed by atoms with Gasteiger partial charge in [0.15, 0.2) is 23.0 Å². The third kappa shape index (κ3) is 5.69. The molecule has 0 heterocycles. The molecule has 0 aromatic heterocycles. The Balaban J connectivity index is 2.05. The Labute approximate surface area is 165 Å². The molecule has 0 aliphatic heterocycles. The fourth-order valence-electron chi connectivity index (χ4n) is 2.46. The van der Waals surface area contributed by atoms with E-state index in [0.29, 0.717) is 47.8 Å². The Morgan fingerprint density at radius 3 is 2.37 bits per heavy atom. The summed E-state index contributed by atoms with van der Waals surface area (Å²) < 4.78 is 21.7. The second-order valence-corrected chi connectivity index (χ2v) is 5.89. The van der Waals surface area contributed by atoms with Gasteiger partial charge in [-0.15, -0.1) is 0 Å². The van der Waals surface area contributed by atoms with Crippen LogP contribution in [0.25, 0.3) is 0 Å². The van der Waals surface area contributed by atoms with Crippen molar-refractivity contribution in [3.8, 4) is 23.0 Å². The van der Waals surface area contributed by atoms with Gasteiger partial charge in [-0.1, -0.05) is 17.7 Å². The first-order chi connectivity index (χ1) is 13.1. The van der Waals surface area contributed by atoms with Crippen molar-refractivity contribution in [2.24, 2.45) is 5.10 Å². The molecule has 2 aromatic carbocycles. The topological polar surface area (TPSA) is 61.3 Å². The summed E-state index contributed by atoms with van der Waals surface area (Å²) in [6.07, 6.45) is 1.69. The molecular formula is C20H25ClN2O4. The van der Waals surface area contributed by atoms with E-state index in [-0.39, 0.29) is 0 Å². The van der Waals surface area contributed by atoms with Crippen molar-refractivity contribution in [3.05, 3.63) is 46.5 Å². The molecule has 0 fully saturated rings. The maximum absolute atomic E-state index is 6.31. The first kappa shape index (κ1) is 20.7. The number of nitrogens with zero attached hydrogens (tertiary/aromatic N) is 1.